The number of amides is 1. The average molecular weight is 360 g/mol. The molecule has 3 heterocycles. The van der Waals surface area contributed by atoms with E-state index in [0.29, 0.717) is 13.0 Å². The molecular weight excluding hydrogens is 337 g/mol. The van der Waals surface area contributed by atoms with Crippen LogP contribution < -0.4 is 4.90 Å². The van der Waals surface area contributed by atoms with Gasteiger partial charge in [0.05, 0.1) is 17.9 Å². The van der Waals surface area contributed by atoms with Crippen LogP contribution in [0.5, 0.6) is 0 Å². The normalized spacial score (nSPS) is 25.4. The second-order valence-corrected chi connectivity index (χ2v) is 6.75. The number of alkyl halides is 3. The molecule has 1 aromatic rings. The summed E-state index contributed by atoms with van der Waals surface area (Å²) in [5.74, 6) is -0.0591. The van der Waals surface area contributed by atoms with Crippen molar-refractivity contribution in [3.8, 4) is 0 Å². The third kappa shape index (κ3) is 3.27. The molecule has 1 amide bonds. The monoisotopic (exact) mass is 360 g/mol. The van der Waals surface area contributed by atoms with Crippen LogP contribution in [0.2, 0.25) is 0 Å². The van der Waals surface area contributed by atoms with Crippen LogP contribution in [-0.2, 0) is 16.6 Å². The van der Waals surface area contributed by atoms with Gasteiger partial charge in [0.15, 0.2) is 5.60 Å². The maximum atomic E-state index is 13.3. The van der Waals surface area contributed by atoms with E-state index >= 15 is 0 Å². The summed E-state index contributed by atoms with van der Waals surface area (Å²) in [6, 6.07) is -0.378. The van der Waals surface area contributed by atoms with Crippen LogP contribution in [0.4, 0.5) is 18.9 Å². The van der Waals surface area contributed by atoms with Crippen LogP contribution in [-0.4, -0.2) is 65.2 Å². The first-order chi connectivity index (χ1) is 11.8. The zero-order chi connectivity index (χ0) is 18.2. The molecule has 1 unspecified atom stereocenters. The summed E-state index contributed by atoms with van der Waals surface area (Å²) < 4.78 is 46.4. The van der Waals surface area contributed by atoms with Crippen molar-refractivity contribution >= 4 is 11.6 Å². The Labute approximate surface area is 144 Å². The summed E-state index contributed by atoms with van der Waals surface area (Å²) in [5, 5.41) is 4.09. The number of halogens is 3. The highest BCUT2D eigenvalue weighted by Gasteiger charge is 2.57. The summed E-state index contributed by atoms with van der Waals surface area (Å²) in [6.45, 7) is 1.01. The van der Waals surface area contributed by atoms with Gasteiger partial charge in [-0.25, -0.2) is 0 Å². The SMILES string of the molecule is COC1(C(F)(F)F)CCN(C2CCCN(c3cnn(C)c3)C2=O)CC1. The number of carbonyl (C=O) groups excluding carboxylic acids is 1. The second kappa shape index (κ2) is 6.60. The minimum absolute atomic E-state index is 0.0591. The van der Waals surface area contributed by atoms with E-state index < -0.39 is 11.8 Å². The molecular formula is C16H23F3N4O2. The van der Waals surface area contributed by atoms with Gasteiger partial charge in [-0.3, -0.25) is 14.4 Å². The summed E-state index contributed by atoms with van der Waals surface area (Å²) in [7, 11) is 2.89. The molecule has 1 aromatic heterocycles. The third-order valence-electron chi connectivity index (χ3n) is 5.37. The predicted molar refractivity (Wildman–Crippen MR) is 85.2 cm³/mol. The fourth-order valence-electron chi connectivity index (χ4n) is 3.80. The quantitative estimate of drug-likeness (QED) is 0.827. The van der Waals surface area contributed by atoms with Crippen molar-refractivity contribution in [3.63, 3.8) is 0 Å². The van der Waals surface area contributed by atoms with E-state index in [9.17, 15) is 18.0 Å². The fourth-order valence-corrected chi connectivity index (χ4v) is 3.80. The van der Waals surface area contributed by atoms with Gasteiger partial charge < -0.3 is 9.64 Å². The van der Waals surface area contributed by atoms with Gasteiger partial charge in [-0.15, -0.1) is 0 Å². The molecule has 6 nitrogen and oxygen atoms in total. The molecule has 0 aliphatic carbocycles. The van der Waals surface area contributed by atoms with Crippen LogP contribution in [0.15, 0.2) is 12.4 Å². The Balaban J connectivity index is 1.70. The Kier molecular flexibility index (Phi) is 4.80. The molecule has 2 fully saturated rings. The predicted octanol–water partition coefficient (Wildman–Crippen LogP) is 1.96. The van der Waals surface area contributed by atoms with E-state index in [1.54, 1.807) is 29.0 Å². The maximum Gasteiger partial charge on any atom is 0.417 e. The van der Waals surface area contributed by atoms with Crippen LogP contribution in [0.3, 0.4) is 0 Å². The van der Waals surface area contributed by atoms with Crippen LogP contribution >= 0.6 is 0 Å². The molecule has 0 bridgehead atoms. The van der Waals surface area contributed by atoms with Crippen molar-refractivity contribution in [1.29, 1.82) is 0 Å². The Bertz CT molecular complexity index is 623. The number of rotatable bonds is 3. The van der Waals surface area contributed by atoms with Crippen molar-refractivity contribution < 1.29 is 22.7 Å². The van der Waals surface area contributed by atoms with E-state index in [1.807, 2.05) is 4.90 Å². The molecule has 2 aliphatic rings. The lowest BCUT2D eigenvalue weighted by Gasteiger charge is -2.45. The highest BCUT2D eigenvalue weighted by molar-refractivity contribution is 5.97. The number of aryl methyl sites for hydroxylation is 1. The number of carbonyl (C=O) groups is 1. The van der Waals surface area contributed by atoms with Crippen molar-refractivity contribution in [1.82, 2.24) is 14.7 Å². The molecule has 25 heavy (non-hydrogen) atoms. The summed E-state index contributed by atoms with van der Waals surface area (Å²) in [6.07, 6.45) is 0.198. The first-order valence-corrected chi connectivity index (χ1v) is 8.43. The lowest BCUT2D eigenvalue weighted by atomic mass is 9.88. The highest BCUT2D eigenvalue weighted by atomic mass is 19.4. The number of aromatic nitrogens is 2. The molecule has 0 N–H and O–H groups in total. The zero-order valence-electron chi connectivity index (χ0n) is 14.4. The minimum Gasteiger partial charge on any atom is -0.369 e. The van der Waals surface area contributed by atoms with E-state index in [4.69, 9.17) is 4.74 Å². The maximum absolute atomic E-state index is 13.3. The number of likely N-dealkylation sites (tertiary alicyclic amines) is 1. The van der Waals surface area contributed by atoms with Crippen molar-refractivity contribution in [2.45, 2.75) is 43.5 Å². The van der Waals surface area contributed by atoms with E-state index in [2.05, 4.69) is 5.10 Å². The smallest absolute Gasteiger partial charge is 0.369 e. The lowest BCUT2D eigenvalue weighted by molar-refractivity contribution is -0.283. The standard InChI is InChI=1S/C16H23F3N4O2/c1-21-11-12(10-20-21)23-7-3-4-13(14(23)24)22-8-5-15(25-2,6-9-22)16(17,18)19/h10-11,13H,3-9H2,1-2H3. The van der Waals surface area contributed by atoms with E-state index in [-0.39, 0.29) is 37.9 Å². The van der Waals surface area contributed by atoms with Crippen molar-refractivity contribution in [3.05, 3.63) is 12.4 Å². The third-order valence-corrected chi connectivity index (χ3v) is 5.37. The highest BCUT2D eigenvalue weighted by Crippen LogP contribution is 2.42. The largest absolute Gasteiger partial charge is 0.417 e. The Morgan fingerprint density at radius 1 is 1.28 bits per heavy atom. The van der Waals surface area contributed by atoms with Gasteiger partial charge in [0.25, 0.3) is 0 Å². The molecule has 0 radical (unpaired) electrons. The van der Waals surface area contributed by atoms with Gasteiger partial charge in [0.1, 0.15) is 0 Å². The van der Waals surface area contributed by atoms with Crippen LogP contribution in [0, 0.1) is 0 Å². The van der Waals surface area contributed by atoms with Crippen molar-refractivity contribution in [2.75, 3.05) is 31.6 Å². The Hall–Kier alpha value is -1.61. The van der Waals surface area contributed by atoms with E-state index in [0.717, 1.165) is 19.2 Å². The van der Waals surface area contributed by atoms with Gasteiger partial charge in [0.2, 0.25) is 5.91 Å². The molecule has 0 spiro atoms. The number of hydrogen-bond acceptors (Lipinski definition) is 4. The van der Waals surface area contributed by atoms with Gasteiger partial charge in [0, 0.05) is 40.0 Å². The fraction of sp³-hybridized carbons (Fsp3) is 0.750. The Morgan fingerprint density at radius 3 is 2.48 bits per heavy atom. The zero-order valence-corrected chi connectivity index (χ0v) is 14.4. The summed E-state index contributed by atoms with van der Waals surface area (Å²) in [5.41, 5.74) is -1.36. The minimum atomic E-state index is -4.40. The van der Waals surface area contributed by atoms with Crippen molar-refractivity contribution in [2.24, 2.45) is 7.05 Å². The topological polar surface area (TPSA) is 50.6 Å². The molecule has 1 atom stereocenters. The summed E-state index contributed by atoms with van der Waals surface area (Å²) >= 11 is 0. The van der Waals surface area contributed by atoms with Crippen LogP contribution in [0.1, 0.15) is 25.7 Å². The molecule has 2 aliphatic heterocycles. The average Bonchev–Trinajstić information content (AvgIpc) is 3.00. The second-order valence-electron chi connectivity index (χ2n) is 6.75. The molecule has 140 valence electrons. The number of piperidine rings is 2. The first kappa shape index (κ1) is 18.2. The van der Waals surface area contributed by atoms with Crippen LogP contribution in [0.25, 0.3) is 0 Å². The molecule has 3 rings (SSSR count). The van der Waals surface area contributed by atoms with E-state index in [1.165, 1.54) is 0 Å². The van der Waals surface area contributed by atoms with Gasteiger partial charge in [-0.05, 0) is 25.7 Å². The molecule has 0 aromatic carbocycles. The Morgan fingerprint density at radius 2 is 1.96 bits per heavy atom. The van der Waals surface area contributed by atoms with Gasteiger partial charge in [-0.1, -0.05) is 0 Å². The molecule has 2 saturated heterocycles. The lowest BCUT2D eigenvalue weighted by Crippen LogP contribution is -2.60. The number of anilines is 1. The summed E-state index contributed by atoms with van der Waals surface area (Å²) in [4.78, 5) is 16.4. The number of methoxy groups -OCH3 is 1. The first-order valence-electron chi connectivity index (χ1n) is 8.43. The number of hydrogen-bond donors (Lipinski definition) is 0. The number of nitrogens with zero attached hydrogens (tertiary/aromatic N) is 4. The van der Waals surface area contributed by atoms with Gasteiger partial charge >= 0.3 is 6.18 Å². The van der Waals surface area contributed by atoms with Gasteiger partial charge in [-0.2, -0.15) is 18.3 Å². The molecule has 0 saturated carbocycles. The molecule has 9 heteroatoms. The number of ether oxygens (including phenoxy) is 1.